The van der Waals surface area contributed by atoms with Crippen LogP contribution >= 0.6 is 0 Å². The van der Waals surface area contributed by atoms with Gasteiger partial charge in [0.25, 0.3) is 0 Å². The average molecular weight is 323 g/mol. The third kappa shape index (κ3) is 3.99. The largest absolute Gasteiger partial charge is 0.462 e. The van der Waals surface area contributed by atoms with Crippen LogP contribution in [0.2, 0.25) is 0 Å². The number of esters is 1. The van der Waals surface area contributed by atoms with Crippen molar-refractivity contribution in [2.24, 2.45) is 17.8 Å². The Kier molecular flexibility index (Phi) is 4.56. The lowest BCUT2D eigenvalue weighted by atomic mass is 9.89. The van der Waals surface area contributed by atoms with Crippen LogP contribution in [0.3, 0.4) is 0 Å². The van der Waals surface area contributed by atoms with Gasteiger partial charge in [-0.3, -0.25) is 4.79 Å². The second kappa shape index (κ2) is 6.33. The summed E-state index contributed by atoms with van der Waals surface area (Å²) < 4.78 is 11.1. The monoisotopic (exact) mass is 323 g/mol. The first-order valence-electron chi connectivity index (χ1n) is 9.00. The molecule has 0 aromatic carbocycles. The standard InChI is InChI=1S/C18H29NO4/c1-18(2,3)23-17(21)19-8-6-14(7-9-19)22-16(20)15-11-12-4-5-13(15)10-12/h12-15H,4-11H2,1-3H3. The van der Waals surface area contributed by atoms with E-state index in [1.807, 2.05) is 20.8 Å². The number of hydrogen-bond acceptors (Lipinski definition) is 4. The fraction of sp³-hybridized carbons (Fsp3) is 0.889. The number of ether oxygens (including phenoxy) is 2. The molecule has 0 radical (unpaired) electrons. The van der Waals surface area contributed by atoms with Crippen LogP contribution in [0.25, 0.3) is 0 Å². The number of amides is 1. The van der Waals surface area contributed by atoms with Gasteiger partial charge in [0, 0.05) is 25.9 Å². The number of fused-ring (bicyclic) bond motifs is 2. The lowest BCUT2D eigenvalue weighted by Crippen LogP contribution is -2.44. The fourth-order valence-electron chi connectivity index (χ4n) is 4.27. The molecule has 3 atom stereocenters. The summed E-state index contributed by atoms with van der Waals surface area (Å²) in [7, 11) is 0. The summed E-state index contributed by atoms with van der Waals surface area (Å²) in [5.41, 5.74) is -0.470. The van der Waals surface area contributed by atoms with Crippen LogP contribution in [-0.2, 0) is 14.3 Å². The quantitative estimate of drug-likeness (QED) is 0.731. The lowest BCUT2D eigenvalue weighted by molar-refractivity contribution is -0.157. The van der Waals surface area contributed by atoms with Gasteiger partial charge in [-0.25, -0.2) is 4.79 Å². The Hall–Kier alpha value is -1.26. The van der Waals surface area contributed by atoms with Crippen molar-refractivity contribution in [3.05, 3.63) is 0 Å². The van der Waals surface area contributed by atoms with Crippen molar-refractivity contribution in [3.8, 4) is 0 Å². The molecular formula is C18H29NO4. The van der Waals surface area contributed by atoms with Crippen LogP contribution in [0, 0.1) is 17.8 Å². The first-order valence-corrected chi connectivity index (χ1v) is 9.00. The highest BCUT2D eigenvalue weighted by atomic mass is 16.6. The zero-order valence-electron chi connectivity index (χ0n) is 14.5. The minimum absolute atomic E-state index is 0.00733. The Morgan fingerprint density at radius 2 is 1.70 bits per heavy atom. The highest BCUT2D eigenvalue weighted by Gasteiger charge is 2.44. The first-order chi connectivity index (χ1) is 10.8. The van der Waals surface area contributed by atoms with E-state index in [1.165, 1.54) is 19.3 Å². The molecule has 0 spiro atoms. The molecule has 23 heavy (non-hydrogen) atoms. The van der Waals surface area contributed by atoms with E-state index in [0.717, 1.165) is 12.3 Å². The van der Waals surface area contributed by atoms with Gasteiger partial charge in [0.05, 0.1) is 5.92 Å². The summed E-state index contributed by atoms with van der Waals surface area (Å²) in [6.45, 7) is 6.81. The summed E-state index contributed by atoms with van der Waals surface area (Å²) in [5.74, 6) is 1.46. The van der Waals surface area contributed by atoms with Gasteiger partial charge in [0.2, 0.25) is 0 Å². The van der Waals surface area contributed by atoms with Crippen LogP contribution in [0.5, 0.6) is 0 Å². The van der Waals surface area contributed by atoms with Crippen molar-refractivity contribution in [1.82, 2.24) is 4.90 Å². The molecule has 0 aromatic heterocycles. The zero-order chi connectivity index (χ0) is 16.6. The highest BCUT2D eigenvalue weighted by molar-refractivity contribution is 5.73. The van der Waals surface area contributed by atoms with Gasteiger partial charge < -0.3 is 14.4 Å². The van der Waals surface area contributed by atoms with Crippen molar-refractivity contribution >= 4 is 12.1 Å². The predicted octanol–water partition coefficient (Wildman–Crippen LogP) is 3.37. The summed E-state index contributed by atoms with van der Waals surface area (Å²) in [6.07, 6.45) is 5.86. The van der Waals surface area contributed by atoms with Crippen LogP contribution in [0.4, 0.5) is 4.79 Å². The maximum atomic E-state index is 12.4. The molecule has 3 unspecified atom stereocenters. The summed E-state index contributed by atoms with van der Waals surface area (Å²) in [4.78, 5) is 26.1. The van der Waals surface area contributed by atoms with E-state index in [2.05, 4.69) is 0 Å². The van der Waals surface area contributed by atoms with Gasteiger partial charge in [-0.15, -0.1) is 0 Å². The van der Waals surface area contributed by atoms with E-state index >= 15 is 0 Å². The normalized spacial score (nSPS) is 31.3. The maximum absolute atomic E-state index is 12.4. The molecule has 0 aromatic rings. The molecule has 5 heteroatoms. The molecule has 2 saturated carbocycles. The van der Waals surface area contributed by atoms with E-state index in [9.17, 15) is 9.59 Å². The number of carbonyl (C=O) groups is 2. The average Bonchev–Trinajstić information content (AvgIpc) is 3.08. The summed E-state index contributed by atoms with van der Waals surface area (Å²) >= 11 is 0. The van der Waals surface area contributed by atoms with Crippen molar-refractivity contribution in [1.29, 1.82) is 0 Å². The van der Waals surface area contributed by atoms with E-state index in [-0.39, 0.29) is 24.1 Å². The molecule has 1 saturated heterocycles. The SMILES string of the molecule is CC(C)(C)OC(=O)N1CCC(OC(=O)C2CC3CCC2C3)CC1. The fourth-order valence-corrected chi connectivity index (χ4v) is 4.27. The highest BCUT2D eigenvalue weighted by Crippen LogP contribution is 2.48. The number of likely N-dealkylation sites (tertiary alicyclic amines) is 1. The Labute approximate surface area is 138 Å². The molecule has 2 aliphatic carbocycles. The lowest BCUT2D eigenvalue weighted by Gasteiger charge is -2.33. The molecule has 130 valence electrons. The smallest absolute Gasteiger partial charge is 0.410 e. The minimum atomic E-state index is -0.470. The molecule has 5 nitrogen and oxygen atoms in total. The van der Waals surface area contributed by atoms with Crippen LogP contribution in [-0.4, -0.2) is 41.8 Å². The van der Waals surface area contributed by atoms with E-state index < -0.39 is 5.60 Å². The summed E-state index contributed by atoms with van der Waals surface area (Å²) in [6, 6.07) is 0. The molecule has 0 N–H and O–H groups in total. The Morgan fingerprint density at radius 3 is 2.22 bits per heavy atom. The Bertz CT molecular complexity index is 462. The van der Waals surface area contributed by atoms with Crippen LogP contribution in [0.15, 0.2) is 0 Å². The topological polar surface area (TPSA) is 55.8 Å². The minimum Gasteiger partial charge on any atom is -0.462 e. The summed E-state index contributed by atoms with van der Waals surface area (Å²) in [5, 5.41) is 0. The van der Waals surface area contributed by atoms with Gasteiger partial charge >= 0.3 is 12.1 Å². The Balaban J connectivity index is 1.42. The number of rotatable bonds is 2. The van der Waals surface area contributed by atoms with E-state index in [1.54, 1.807) is 4.90 Å². The van der Waals surface area contributed by atoms with Gasteiger partial charge in [0.1, 0.15) is 11.7 Å². The van der Waals surface area contributed by atoms with Crippen molar-refractivity contribution in [2.75, 3.05) is 13.1 Å². The number of hydrogen-bond donors (Lipinski definition) is 0. The first kappa shape index (κ1) is 16.6. The molecule has 3 rings (SSSR count). The van der Waals surface area contributed by atoms with Crippen LogP contribution in [0.1, 0.15) is 59.3 Å². The second-order valence-electron chi connectivity index (χ2n) is 8.38. The number of carbonyl (C=O) groups excluding carboxylic acids is 2. The maximum Gasteiger partial charge on any atom is 0.410 e. The van der Waals surface area contributed by atoms with E-state index in [0.29, 0.717) is 31.8 Å². The van der Waals surface area contributed by atoms with E-state index in [4.69, 9.17) is 9.47 Å². The molecular weight excluding hydrogens is 294 g/mol. The van der Waals surface area contributed by atoms with Crippen LogP contribution < -0.4 is 0 Å². The molecule has 2 bridgehead atoms. The van der Waals surface area contributed by atoms with Crippen molar-refractivity contribution < 1.29 is 19.1 Å². The second-order valence-corrected chi connectivity index (χ2v) is 8.38. The number of nitrogens with zero attached hydrogens (tertiary/aromatic N) is 1. The third-order valence-electron chi connectivity index (χ3n) is 5.42. The van der Waals surface area contributed by atoms with Gasteiger partial charge in [0.15, 0.2) is 0 Å². The molecule has 3 fully saturated rings. The Morgan fingerprint density at radius 1 is 1.00 bits per heavy atom. The van der Waals surface area contributed by atoms with Gasteiger partial charge in [-0.05, 0) is 51.9 Å². The molecule has 3 aliphatic rings. The molecule has 1 heterocycles. The molecule has 1 aliphatic heterocycles. The third-order valence-corrected chi connectivity index (χ3v) is 5.42. The number of piperidine rings is 1. The van der Waals surface area contributed by atoms with Gasteiger partial charge in [-0.2, -0.15) is 0 Å². The molecule has 1 amide bonds. The zero-order valence-corrected chi connectivity index (χ0v) is 14.5. The van der Waals surface area contributed by atoms with Crippen molar-refractivity contribution in [3.63, 3.8) is 0 Å². The van der Waals surface area contributed by atoms with Crippen molar-refractivity contribution in [2.45, 2.75) is 71.0 Å². The van der Waals surface area contributed by atoms with Gasteiger partial charge in [-0.1, -0.05) is 6.42 Å². The predicted molar refractivity (Wildman–Crippen MR) is 85.9 cm³/mol.